The molecule has 20 heavy (non-hydrogen) atoms. The number of benzene rings is 2. The topological polar surface area (TPSA) is 68.3 Å². The molecule has 2 rings (SSSR count). The molecule has 0 aliphatic rings. The van der Waals surface area contributed by atoms with Crippen LogP contribution < -0.4 is 15.2 Å². The van der Waals surface area contributed by atoms with E-state index in [0.29, 0.717) is 29.4 Å². The zero-order chi connectivity index (χ0) is 14.5. The third-order valence-electron chi connectivity index (χ3n) is 2.75. The lowest BCUT2D eigenvalue weighted by molar-refractivity contribution is 0.284. The standard InChI is InChI=1S/C15H13BrN2O2/c1-19-15-6-10(8-17)2-5-14(15)20-9-11-3-4-12(18)7-13(11)16/h2-7H,9,18H2,1H3. The monoisotopic (exact) mass is 332 g/mol. The van der Waals surface area contributed by atoms with Crippen molar-refractivity contribution in [1.29, 1.82) is 5.26 Å². The minimum Gasteiger partial charge on any atom is -0.493 e. The van der Waals surface area contributed by atoms with Crippen molar-refractivity contribution in [1.82, 2.24) is 0 Å². The van der Waals surface area contributed by atoms with Crippen molar-refractivity contribution < 1.29 is 9.47 Å². The lowest BCUT2D eigenvalue weighted by Crippen LogP contribution is -1.99. The van der Waals surface area contributed by atoms with Crippen molar-refractivity contribution >= 4 is 21.6 Å². The first kappa shape index (κ1) is 14.2. The molecule has 0 aromatic heterocycles. The zero-order valence-electron chi connectivity index (χ0n) is 10.9. The summed E-state index contributed by atoms with van der Waals surface area (Å²) in [6, 6.07) is 12.7. The number of nitrogens with two attached hydrogens (primary N) is 1. The lowest BCUT2D eigenvalue weighted by atomic mass is 10.2. The highest BCUT2D eigenvalue weighted by Crippen LogP contribution is 2.29. The van der Waals surface area contributed by atoms with Crippen LogP contribution in [0.3, 0.4) is 0 Å². The predicted octanol–water partition coefficient (Wildman–Crippen LogP) is 3.49. The smallest absolute Gasteiger partial charge is 0.162 e. The third kappa shape index (κ3) is 3.22. The fourth-order valence-corrected chi connectivity index (χ4v) is 2.20. The van der Waals surface area contributed by atoms with Crippen molar-refractivity contribution in [3.05, 3.63) is 52.0 Å². The Morgan fingerprint density at radius 3 is 2.65 bits per heavy atom. The Hall–Kier alpha value is -2.19. The molecule has 5 heteroatoms. The minimum absolute atomic E-state index is 0.378. The first-order valence-electron chi connectivity index (χ1n) is 5.89. The van der Waals surface area contributed by atoms with Gasteiger partial charge < -0.3 is 15.2 Å². The molecule has 0 amide bonds. The van der Waals surface area contributed by atoms with Crippen molar-refractivity contribution in [3.63, 3.8) is 0 Å². The normalized spacial score (nSPS) is 9.85. The van der Waals surface area contributed by atoms with E-state index in [-0.39, 0.29) is 0 Å². The highest BCUT2D eigenvalue weighted by molar-refractivity contribution is 9.10. The Kier molecular flexibility index (Phi) is 4.49. The number of nitrogens with zero attached hydrogens (tertiary/aromatic N) is 1. The second-order valence-electron chi connectivity index (χ2n) is 4.12. The molecule has 0 radical (unpaired) electrons. The maximum absolute atomic E-state index is 8.85. The molecule has 102 valence electrons. The number of ether oxygens (including phenoxy) is 2. The van der Waals surface area contributed by atoms with Gasteiger partial charge in [0.2, 0.25) is 0 Å². The van der Waals surface area contributed by atoms with Crippen molar-refractivity contribution in [2.75, 3.05) is 12.8 Å². The van der Waals surface area contributed by atoms with E-state index in [1.54, 1.807) is 25.3 Å². The highest BCUT2D eigenvalue weighted by Gasteiger charge is 2.07. The summed E-state index contributed by atoms with van der Waals surface area (Å²) >= 11 is 3.44. The molecule has 2 aromatic rings. The van der Waals surface area contributed by atoms with E-state index in [4.69, 9.17) is 20.5 Å². The van der Waals surface area contributed by atoms with Crippen LogP contribution in [0.4, 0.5) is 5.69 Å². The summed E-state index contributed by atoms with van der Waals surface area (Å²) < 4.78 is 11.8. The molecule has 0 spiro atoms. The number of hydrogen-bond acceptors (Lipinski definition) is 4. The molecule has 2 N–H and O–H groups in total. The van der Waals surface area contributed by atoms with Crippen LogP contribution in [0.2, 0.25) is 0 Å². The molecule has 0 fully saturated rings. The van der Waals surface area contributed by atoms with E-state index in [2.05, 4.69) is 22.0 Å². The van der Waals surface area contributed by atoms with Crippen LogP contribution in [0.15, 0.2) is 40.9 Å². The maximum atomic E-state index is 8.85. The lowest BCUT2D eigenvalue weighted by Gasteiger charge is -2.12. The molecule has 2 aromatic carbocycles. The van der Waals surface area contributed by atoms with Crippen molar-refractivity contribution in [2.24, 2.45) is 0 Å². The Labute approximate surface area is 125 Å². The molecule has 0 bridgehead atoms. The van der Waals surface area contributed by atoms with Gasteiger partial charge >= 0.3 is 0 Å². The van der Waals surface area contributed by atoms with Crippen molar-refractivity contribution in [2.45, 2.75) is 6.61 Å². The molecule has 0 heterocycles. The molecular formula is C15H13BrN2O2. The van der Waals surface area contributed by atoms with E-state index >= 15 is 0 Å². The summed E-state index contributed by atoms with van der Waals surface area (Å²) in [5.74, 6) is 1.13. The van der Waals surface area contributed by atoms with Gasteiger partial charge in [-0.2, -0.15) is 5.26 Å². The van der Waals surface area contributed by atoms with Gasteiger partial charge in [-0.15, -0.1) is 0 Å². The summed E-state index contributed by atoms with van der Waals surface area (Å²) in [5.41, 5.74) is 7.89. The third-order valence-corrected chi connectivity index (χ3v) is 3.49. The number of anilines is 1. The van der Waals surface area contributed by atoms with E-state index in [1.807, 2.05) is 18.2 Å². The molecule has 0 saturated carbocycles. The number of methoxy groups -OCH3 is 1. The van der Waals surface area contributed by atoms with Gasteiger partial charge in [-0.3, -0.25) is 0 Å². The fourth-order valence-electron chi connectivity index (χ4n) is 1.69. The first-order valence-corrected chi connectivity index (χ1v) is 6.68. The Morgan fingerprint density at radius 1 is 1.20 bits per heavy atom. The van der Waals surface area contributed by atoms with Gasteiger partial charge in [0.25, 0.3) is 0 Å². The minimum atomic E-state index is 0.378. The van der Waals surface area contributed by atoms with Gasteiger partial charge in [-0.05, 0) is 24.3 Å². The Morgan fingerprint density at radius 2 is 2.00 bits per heavy atom. The highest BCUT2D eigenvalue weighted by atomic mass is 79.9. The Bertz CT molecular complexity index is 665. The summed E-state index contributed by atoms with van der Waals surface area (Å²) in [7, 11) is 1.54. The van der Waals surface area contributed by atoms with Crippen LogP contribution in [0.1, 0.15) is 11.1 Å². The van der Waals surface area contributed by atoms with Crippen LogP contribution in [-0.2, 0) is 6.61 Å². The predicted molar refractivity (Wildman–Crippen MR) is 80.6 cm³/mol. The van der Waals surface area contributed by atoms with E-state index in [0.717, 1.165) is 10.0 Å². The van der Waals surface area contributed by atoms with Crippen LogP contribution >= 0.6 is 15.9 Å². The van der Waals surface area contributed by atoms with Gasteiger partial charge in [0.15, 0.2) is 11.5 Å². The van der Waals surface area contributed by atoms with Gasteiger partial charge in [0.05, 0.1) is 18.7 Å². The molecule has 0 aliphatic carbocycles. The van der Waals surface area contributed by atoms with Gasteiger partial charge in [-0.1, -0.05) is 22.0 Å². The van der Waals surface area contributed by atoms with E-state index in [1.165, 1.54) is 0 Å². The van der Waals surface area contributed by atoms with Crippen LogP contribution in [0.5, 0.6) is 11.5 Å². The molecule has 4 nitrogen and oxygen atoms in total. The molecule has 0 unspecified atom stereocenters. The molecule has 0 atom stereocenters. The van der Waals surface area contributed by atoms with Gasteiger partial charge in [-0.25, -0.2) is 0 Å². The van der Waals surface area contributed by atoms with Crippen LogP contribution in [-0.4, -0.2) is 7.11 Å². The number of hydrogen-bond donors (Lipinski definition) is 1. The van der Waals surface area contributed by atoms with Gasteiger partial charge in [0.1, 0.15) is 6.61 Å². The fraction of sp³-hybridized carbons (Fsp3) is 0.133. The summed E-state index contributed by atoms with van der Waals surface area (Å²) in [4.78, 5) is 0. The van der Waals surface area contributed by atoms with Crippen molar-refractivity contribution in [3.8, 4) is 17.6 Å². The average molecular weight is 333 g/mol. The van der Waals surface area contributed by atoms with E-state index in [9.17, 15) is 0 Å². The first-order chi connectivity index (χ1) is 9.63. The second kappa shape index (κ2) is 6.31. The van der Waals surface area contributed by atoms with Gasteiger partial charge in [0, 0.05) is 21.8 Å². The molecular weight excluding hydrogens is 320 g/mol. The number of halogens is 1. The molecule has 0 saturated heterocycles. The summed E-state index contributed by atoms with van der Waals surface area (Å²) in [6.45, 7) is 0.378. The summed E-state index contributed by atoms with van der Waals surface area (Å²) in [6.07, 6.45) is 0. The number of nitrogen functional groups attached to an aromatic ring is 1. The average Bonchev–Trinajstić information content (AvgIpc) is 2.46. The second-order valence-corrected chi connectivity index (χ2v) is 4.97. The van der Waals surface area contributed by atoms with E-state index < -0.39 is 0 Å². The largest absolute Gasteiger partial charge is 0.493 e. The molecule has 0 aliphatic heterocycles. The zero-order valence-corrected chi connectivity index (χ0v) is 12.5. The Balaban J connectivity index is 2.16. The SMILES string of the molecule is COc1cc(C#N)ccc1OCc1ccc(N)cc1Br. The number of rotatable bonds is 4. The van der Waals surface area contributed by atoms with Crippen LogP contribution in [0, 0.1) is 11.3 Å². The maximum Gasteiger partial charge on any atom is 0.162 e. The van der Waals surface area contributed by atoms with Crippen LogP contribution in [0.25, 0.3) is 0 Å². The summed E-state index contributed by atoms with van der Waals surface area (Å²) in [5, 5.41) is 8.85. The quantitative estimate of drug-likeness (QED) is 0.870. The number of nitriles is 1.